The van der Waals surface area contributed by atoms with Crippen LogP contribution in [0.15, 0.2) is 28.7 Å². The summed E-state index contributed by atoms with van der Waals surface area (Å²) < 4.78 is 1.04. The molecular formula is C14H19BrN2O. The average molecular weight is 311 g/mol. The van der Waals surface area contributed by atoms with Gasteiger partial charge < -0.3 is 11.1 Å². The van der Waals surface area contributed by atoms with Gasteiger partial charge in [0, 0.05) is 16.9 Å². The fourth-order valence-electron chi connectivity index (χ4n) is 2.63. The number of nitrogens with two attached hydrogens (primary N) is 1. The minimum absolute atomic E-state index is 0.113. The quantitative estimate of drug-likeness (QED) is 0.897. The molecule has 1 saturated carbocycles. The number of halogens is 1. The Balaban J connectivity index is 1.88. The predicted molar refractivity (Wildman–Crippen MR) is 75.9 cm³/mol. The summed E-state index contributed by atoms with van der Waals surface area (Å²) in [5.41, 5.74) is 6.81. The van der Waals surface area contributed by atoms with Gasteiger partial charge in [-0.1, -0.05) is 34.5 Å². The number of nitrogens with one attached hydrogen (secondary N) is 1. The van der Waals surface area contributed by atoms with Crippen LogP contribution in [0.25, 0.3) is 0 Å². The molecule has 3 nitrogen and oxygen atoms in total. The molecule has 2 rings (SSSR count). The Bertz CT molecular complexity index is 422. The van der Waals surface area contributed by atoms with Crippen molar-refractivity contribution in [3.63, 3.8) is 0 Å². The first kappa shape index (κ1) is 13.6. The fraction of sp³-hybridized carbons (Fsp3) is 0.500. The van der Waals surface area contributed by atoms with Crippen LogP contribution in [-0.4, -0.2) is 12.5 Å². The van der Waals surface area contributed by atoms with E-state index in [-0.39, 0.29) is 11.8 Å². The third-order valence-electron chi connectivity index (χ3n) is 3.65. The van der Waals surface area contributed by atoms with Crippen molar-refractivity contribution in [1.82, 2.24) is 5.32 Å². The van der Waals surface area contributed by atoms with Crippen molar-refractivity contribution in [2.24, 2.45) is 17.6 Å². The Labute approximate surface area is 116 Å². The van der Waals surface area contributed by atoms with E-state index < -0.39 is 0 Å². The summed E-state index contributed by atoms with van der Waals surface area (Å²) in [5.74, 6) is 0.637. The van der Waals surface area contributed by atoms with Crippen LogP contribution in [0, 0.1) is 11.8 Å². The van der Waals surface area contributed by atoms with Gasteiger partial charge in [0.2, 0.25) is 5.91 Å². The van der Waals surface area contributed by atoms with Crippen molar-refractivity contribution in [3.8, 4) is 0 Å². The lowest BCUT2D eigenvalue weighted by molar-refractivity contribution is -0.126. The number of benzene rings is 1. The maximum absolute atomic E-state index is 12.1. The molecule has 0 aliphatic heterocycles. The highest BCUT2D eigenvalue weighted by molar-refractivity contribution is 9.10. The summed E-state index contributed by atoms with van der Waals surface area (Å²) in [6.45, 7) is 1.21. The van der Waals surface area contributed by atoms with Crippen molar-refractivity contribution in [1.29, 1.82) is 0 Å². The Morgan fingerprint density at radius 1 is 1.44 bits per heavy atom. The molecule has 18 heavy (non-hydrogen) atoms. The SMILES string of the molecule is NCC1CCCC1C(=O)NCc1cccc(Br)c1. The van der Waals surface area contributed by atoms with Crippen LogP contribution >= 0.6 is 15.9 Å². The molecule has 0 radical (unpaired) electrons. The minimum atomic E-state index is 0.113. The van der Waals surface area contributed by atoms with Crippen LogP contribution in [-0.2, 0) is 11.3 Å². The van der Waals surface area contributed by atoms with Gasteiger partial charge in [0.25, 0.3) is 0 Å². The van der Waals surface area contributed by atoms with Crippen LogP contribution in [0.4, 0.5) is 0 Å². The Kier molecular flexibility index (Phi) is 4.78. The largest absolute Gasteiger partial charge is 0.352 e. The van der Waals surface area contributed by atoms with Gasteiger partial charge in [0.05, 0.1) is 0 Å². The van der Waals surface area contributed by atoms with Crippen LogP contribution in [0.1, 0.15) is 24.8 Å². The molecule has 3 N–H and O–H groups in total. The molecule has 2 atom stereocenters. The first-order valence-corrected chi connectivity index (χ1v) is 7.22. The third-order valence-corrected chi connectivity index (χ3v) is 4.15. The summed E-state index contributed by atoms with van der Waals surface area (Å²) in [6.07, 6.45) is 3.19. The minimum Gasteiger partial charge on any atom is -0.352 e. The fourth-order valence-corrected chi connectivity index (χ4v) is 3.08. The van der Waals surface area contributed by atoms with Crippen LogP contribution in [0.3, 0.4) is 0 Å². The number of hydrogen-bond acceptors (Lipinski definition) is 2. The predicted octanol–water partition coefficient (Wildman–Crippen LogP) is 2.44. The zero-order valence-corrected chi connectivity index (χ0v) is 11.9. The summed E-state index contributed by atoms with van der Waals surface area (Å²) in [5, 5.41) is 3.02. The Morgan fingerprint density at radius 3 is 3.00 bits per heavy atom. The maximum atomic E-state index is 12.1. The summed E-state index contributed by atoms with van der Waals surface area (Å²) in [7, 11) is 0. The first-order valence-electron chi connectivity index (χ1n) is 6.43. The molecule has 98 valence electrons. The zero-order valence-electron chi connectivity index (χ0n) is 10.4. The highest BCUT2D eigenvalue weighted by Crippen LogP contribution is 2.30. The summed E-state index contributed by atoms with van der Waals surface area (Å²) in [6, 6.07) is 7.99. The zero-order chi connectivity index (χ0) is 13.0. The van der Waals surface area contributed by atoms with E-state index in [9.17, 15) is 4.79 Å². The van der Waals surface area contributed by atoms with Crippen LogP contribution < -0.4 is 11.1 Å². The normalized spacial score (nSPS) is 23.0. The van der Waals surface area contributed by atoms with Gasteiger partial charge in [-0.25, -0.2) is 0 Å². The molecule has 0 aromatic heterocycles. The molecule has 1 fully saturated rings. The van der Waals surface area contributed by atoms with Gasteiger partial charge in [0.15, 0.2) is 0 Å². The van der Waals surface area contributed by atoms with Crippen molar-refractivity contribution in [2.75, 3.05) is 6.54 Å². The molecule has 0 bridgehead atoms. The van der Waals surface area contributed by atoms with Gasteiger partial charge in [0.1, 0.15) is 0 Å². The van der Waals surface area contributed by atoms with Gasteiger partial charge in [-0.2, -0.15) is 0 Å². The molecule has 1 amide bonds. The van der Waals surface area contributed by atoms with Crippen molar-refractivity contribution in [2.45, 2.75) is 25.8 Å². The molecule has 4 heteroatoms. The van der Waals surface area contributed by atoms with E-state index in [1.165, 1.54) is 0 Å². The molecule has 1 aliphatic carbocycles. The second-order valence-electron chi connectivity index (χ2n) is 4.88. The van der Waals surface area contributed by atoms with Crippen molar-refractivity contribution >= 4 is 21.8 Å². The third kappa shape index (κ3) is 3.33. The molecule has 0 spiro atoms. The maximum Gasteiger partial charge on any atom is 0.223 e. The van der Waals surface area contributed by atoms with Crippen molar-refractivity contribution in [3.05, 3.63) is 34.3 Å². The van der Waals surface area contributed by atoms with E-state index in [1.807, 2.05) is 24.3 Å². The molecule has 0 heterocycles. The number of amides is 1. The Hall–Kier alpha value is -0.870. The highest BCUT2D eigenvalue weighted by atomic mass is 79.9. The number of carbonyl (C=O) groups excluding carboxylic acids is 1. The topological polar surface area (TPSA) is 55.1 Å². The lowest BCUT2D eigenvalue weighted by Gasteiger charge is -2.17. The standard InChI is InChI=1S/C14H19BrN2O/c15-12-5-1-3-10(7-12)9-17-14(18)13-6-2-4-11(13)8-16/h1,3,5,7,11,13H,2,4,6,8-9,16H2,(H,17,18). The van der Waals surface area contributed by atoms with Gasteiger partial charge in [-0.3, -0.25) is 4.79 Å². The first-order chi connectivity index (χ1) is 8.70. The molecule has 1 aromatic carbocycles. The van der Waals surface area contributed by atoms with E-state index in [1.54, 1.807) is 0 Å². The monoisotopic (exact) mass is 310 g/mol. The van der Waals surface area contributed by atoms with E-state index >= 15 is 0 Å². The average Bonchev–Trinajstić information content (AvgIpc) is 2.84. The number of rotatable bonds is 4. The second-order valence-corrected chi connectivity index (χ2v) is 5.80. The molecule has 2 unspecified atom stereocenters. The van der Waals surface area contributed by atoms with Crippen molar-refractivity contribution < 1.29 is 4.79 Å². The number of carbonyl (C=O) groups is 1. The Morgan fingerprint density at radius 2 is 2.28 bits per heavy atom. The smallest absolute Gasteiger partial charge is 0.223 e. The van der Waals surface area contributed by atoms with E-state index in [2.05, 4.69) is 21.2 Å². The molecule has 1 aliphatic rings. The van der Waals surface area contributed by atoms with E-state index in [0.717, 1.165) is 29.3 Å². The second kappa shape index (κ2) is 6.34. The van der Waals surface area contributed by atoms with Gasteiger partial charge in [-0.15, -0.1) is 0 Å². The lowest BCUT2D eigenvalue weighted by atomic mass is 9.95. The van der Waals surface area contributed by atoms with Crippen LogP contribution in [0.2, 0.25) is 0 Å². The molecule has 0 saturated heterocycles. The van der Waals surface area contributed by atoms with Gasteiger partial charge in [-0.05, 0) is 43.0 Å². The lowest BCUT2D eigenvalue weighted by Crippen LogP contribution is -2.34. The van der Waals surface area contributed by atoms with Crippen LogP contribution in [0.5, 0.6) is 0 Å². The highest BCUT2D eigenvalue weighted by Gasteiger charge is 2.31. The summed E-state index contributed by atoms with van der Waals surface area (Å²) >= 11 is 3.43. The summed E-state index contributed by atoms with van der Waals surface area (Å²) in [4.78, 5) is 12.1. The molecule has 1 aromatic rings. The van der Waals surface area contributed by atoms with Gasteiger partial charge >= 0.3 is 0 Å². The number of hydrogen-bond donors (Lipinski definition) is 2. The molecular weight excluding hydrogens is 292 g/mol. The van der Waals surface area contributed by atoms with E-state index in [4.69, 9.17) is 5.73 Å². The van der Waals surface area contributed by atoms with E-state index in [0.29, 0.717) is 19.0 Å².